The van der Waals surface area contributed by atoms with Crippen LogP contribution in [0, 0.1) is 0 Å². The number of aromatic nitrogens is 1. The number of anilines is 3. The SMILES string of the molecule is c1ccc(N(c2ccc3sc4ccccc4c3c2)c2ccc3sc4ccccc4c3c2)c(-c2ccc(-n3c4ccccc4c4ccccc43)cc2)c1. The van der Waals surface area contributed by atoms with E-state index < -0.39 is 0 Å². The van der Waals surface area contributed by atoms with E-state index in [1.54, 1.807) is 0 Å². The molecule has 2 nitrogen and oxygen atoms in total. The lowest BCUT2D eigenvalue weighted by Crippen LogP contribution is -2.11. The summed E-state index contributed by atoms with van der Waals surface area (Å²) >= 11 is 3.72. The van der Waals surface area contributed by atoms with E-state index in [1.807, 2.05) is 22.7 Å². The van der Waals surface area contributed by atoms with Gasteiger partial charge in [0.1, 0.15) is 0 Å². The standard InChI is InChI=1S/C48H30N2S2/c1-6-16-42(35(11-1)31-21-23-32(24-22-31)50-43-17-7-2-12-36(43)37-13-3-8-18-44(37)50)49(33-25-27-47-40(29-33)38-14-4-9-19-45(38)51-47)34-26-28-48-41(30-34)39-15-5-10-20-46(39)52-48/h1-30H. The summed E-state index contributed by atoms with van der Waals surface area (Å²) in [4.78, 5) is 2.45. The van der Waals surface area contributed by atoms with Crippen molar-refractivity contribution in [3.05, 3.63) is 182 Å². The highest BCUT2D eigenvalue weighted by Crippen LogP contribution is 2.46. The van der Waals surface area contributed by atoms with Gasteiger partial charge in [0.15, 0.2) is 0 Å². The lowest BCUT2D eigenvalue weighted by molar-refractivity contribution is 1.18. The van der Waals surface area contributed by atoms with E-state index in [-0.39, 0.29) is 0 Å². The van der Waals surface area contributed by atoms with Crippen LogP contribution in [0.2, 0.25) is 0 Å². The zero-order chi connectivity index (χ0) is 34.2. The summed E-state index contributed by atoms with van der Waals surface area (Å²) in [7, 11) is 0. The molecule has 0 atom stereocenters. The van der Waals surface area contributed by atoms with Crippen LogP contribution in [-0.2, 0) is 0 Å². The van der Waals surface area contributed by atoms with Crippen LogP contribution in [-0.4, -0.2) is 4.57 Å². The number of thiophene rings is 2. The predicted octanol–water partition coefficient (Wildman–Crippen LogP) is 14.7. The molecule has 0 spiro atoms. The molecule has 0 saturated heterocycles. The highest BCUT2D eigenvalue weighted by Gasteiger charge is 2.20. The van der Waals surface area contributed by atoms with Crippen LogP contribution < -0.4 is 4.90 Å². The Kier molecular flexibility index (Phi) is 6.63. The second kappa shape index (κ2) is 11.7. The van der Waals surface area contributed by atoms with Crippen molar-refractivity contribution < 1.29 is 0 Å². The summed E-state index contributed by atoms with van der Waals surface area (Å²) in [5, 5.41) is 7.73. The Morgan fingerprint density at radius 1 is 0.365 bits per heavy atom. The number of rotatable bonds is 5. The van der Waals surface area contributed by atoms with Crippen molar-refractivity contribution in [3.8, 4) is 16.8 Å². The highest BCUT2D eigenvalue weighted by atomic mass is 32.1. The van der Waals surface area contributed by atoms with Crippen molar-refractivity contribution in [2.75, 3.05) is 4.90 Å². The second-order valence-corrected chi connectivity index (χ2v) is 15.5. The number of hydrogen-bond acceptors (Lipinski definition) is 3. The Hall–Kier alpha value is -6.20. The molecule has 244 valence electrons. The summed E-state index contributed by atoms with van der Waals surface area (Å²) in [6.45, 7) is 0. The van der Waals surface area contributed by atoms with Gasteiger partial charge in [-0.15, -0.1) is 22.7 Å². The van der Waals surface area contributed by atoms with Gasteiger partial charge in [-0.2, -0.15) is 0 Å². The fourth-order valence-electron chi connectivity index (χ4n) is 8.04. The largest absolute Gasteiger partial charge is 0.310 e. The Labute approximate surface area is 308 Å². The molecule has 8 aromatic carbocycles. The van der Waals surface area contributed by atoms with Gasteiger partial charge in [0.05, 0.1) is 16.7 Å². The highest BCUT2D eigenvalue weighted by molar-refractivity contribution is 7.26. The summed E-state index contributed by atoms with van der Waals surface area (Å²) in [6.07, 6.45) is 0. The first-order valence-corrected chi connectivity index (χ1v) is 19.2. The minimum absolute atomic E-state index is 1.14. The number of fused-ring (bicyclic) bond motifs is 9. The van der Waals surface area contributed by atoms with Crippen molar-refractivity contribution in [1.29, 1.82) is 0 Å². The third kappa shape index (κ3) is 4.55. The zero-order valence-corrected chi connectivity index (χ0v) is 29.7. The average Bonchev–Trinajstić information content (AvgIpc) is 3.88. The van der Waals surface area contributed by atoms with E-state index in [0.29, 0.717) is 0 Å². The van der Waals surface area contributed by atoms with E-state index in [0.717, 1.165) is 22.7 Å². The molecule has 52 heavy (non-hydrogen) atoms. The molecule has 0 saturated carbocycles. The lowest BCUT2D eigenvalue weighted by Gasteiger charge is -2.28. The summed E-state index contributed by atoms with van der Waals surface area (Å²) in [5.41, 5.74) is 9.38. The fraction of sp³-hybridized carbons (Fsp3) is 0. The van der Waals surface area contributed by atoms with Gasteiger partial charge in [0, 0.05) is 73.7 Å². The molecule has 0 aliphatic rings. The molecule has 0 aliphatic heterocycles. The van der Waals surface area contributed by atoms with Crippen molar-refractivity contribution in [2.24, 2.45) is 0 Å². The quantitative estimate of drug-likeness (QED) is 0.174. The van der Waals surface area contributed by atoms with E-state index in [4.69, 9.17) is 0 Å². The van der Waals surface area contributed by atoms with Crippen LogP contribution in [0.15, 0.2) is 182 Å². The molecular formula is C48H30N2S2. The smallest absolute Gasteiger partial charge is 0.0541 e. The summed E-state index contributed by atoms with van der Waals surface area (Å²) in [6, 6.07) is 66.8. The topological polar surface area (TPSA) is 8.17 Å². The first-order valence-electron chi connectivity index (χ1n) is 17.6. The molecule has 0 unspecified atom stereocenters. The molecule has 3 aromatic heterocycles. The Balaban J connectivity index is 1.10. The second-order valence-electron chi connectivity index (χ2n) is 13.3. The van der Waals surface area contributed by atoms with Crippen molar-refractivity contribution in [3.63, 3.8) is 0 Å². The summed E-state index contributed by atoms with van der Waals surface area (Å²) < 4.78 is 7.62. The fourth-order valence-corrected chi connectivity index (χ4v) is 10.2. The summed E-state index contributed by atoms with van der Waals surface area (Å²) in [5.74, 6) is 0. The zero-order valence-electron chi connectivity index (χ0n) is 28.0. The molecule has 0 radical (unpaired) electrons. The van der Waals surface area contributed by atoms with E-state index in [1.165, 1.54) is 73.3 Å². The molecule has 0 aliphatic carbocycles. The van der Waals surface area contributed by atoms with Gasteiger partial charge in [0.25, 0.3) is 0 Å². The van der Waals surface area contributed by atoms with Gasteiger partial charge in [-0.05, 0) is 84.4 Å². The first kappa shape index (κ1) is 29.5. The van der Waals surface area contributed by atoms with Gasteiger partial charge in [0.2, 0.25) is 0 Å². The maximum Gasteiger partial charge on any atom is 0.0541 e. The molecule has 0 fully saturated rings. The molecule has 11 rings (SSSR count). The molecule has 4 heteroatoms. The van der Waals surface area contributed by atoms with Crippen molar-refractivity contribution in [1.82, 2.24) is 4.57 Å². The van der Waals surface area contributed by atoms with Crippen LogP contribution in [0.3, 0.4) is 0 Å². The van der Waals surface area contributed by atoms with E-state index in [9.17, 15) is 0 Å². The van der Waals surface area contributed by atoms with Gasteiger partial charge in [-0.25, -0.2) is 0 Å². The monoisotopic (exact) mass is 698 g/mol. The maximum absolute atomic E-state index is 2.45. The van der Waals surface area contributed by atoms with Gasteiger partial charge >= 0.3 is 0 Å². The Bertz CT molecular complexity index is 2980. The predicted molar refractivity (Wildman–Crippen MR) is 227 cm³/mol. The van der Waals surface area contributed by atoms with Gasteiger partial charge in [-0.3, -0.25) is 0 Å². The Morgan fingerprint density at radius 2 is 0.827 bits per heavy atom. The third-order valence-electron chi connectivity index (χ3n) is 10.4. The van der Waals surface area contributed by atoms with Gasteiger partial charge in [-0.1, -0.05) is 103 Å². The van der Waals surface area contributed by atoms with Gasteiger partial charge < -0.3 is 9.47 Å². The third-order valence-corrected chi connectivity index (χ3v) is 12.7. The average molecular weight is 699 g/mol. The van der Waals surface area contributed by atoms with E-state index >= 15 is 0 Å². The van der Waals surface area contributed by atoms with Crippen molar-refractivity contribution in [2.45, 2.75) is 0 Å². The van der Waals surface area contributed by atoms with Crippen LogP contribution in [0.1, 0.15) is 0 Å². The number of nitrogens with zero attached hydrogens (tertiary/aromatic N) is 2. The number of para-hydroxylation sites is 3. The van der Waals surface area contributed by atoms with Crippen molar-refractivity contribution >= 4 is 102 Å². The molecular weight excluding hydrogens is 669 g/mol. The minimum atomic E-state index is 1.14. The lowest BCUT2D eigenvalue weighted by atomic mass is 10.0. The molecule has 11 aromatic rings. The van der Waals surface area contributed by atoms with Crippen LogP contribution in [0.5, 0.6) is 0 Å². The Morgan fingerprint density at radius 3 is 1.40 bits per heavy atom. The molecule has 0 amide bonds. The molecule has 0 bridgehead atoms. The maximum atomic E-state index is 2.45. The van der Waals surface area contributed by atoms with Crippen LogP contribution in [0.4, 0.5) is 17.1 Å². The number of benzene rings is 8. The van der Waals surface area contributed by atoms with E-state index in [2.05, 4.69) is 191 Å². The molecule has 0 N–H and O–H groups in total. The molecule has 3 heterocycles. The van der Waals surface area contributed by atoms with Crippen LogP contribution >= 0.6 is 22.7 Å². The first-order chi connectivity index (χ1) is 25.8. The normalized spacial score (nSPS) is 11.8. The van der Waals surface area contributed by atoms with Crippen LogP contribution in [0.25, 0.3) is 79.0 Å². The minimum Gasteiger partial charge on any atom is -0.310 e. The number of hydrogen-bond donors (Lipinski definition) is 0.